The maximum Gasteiger partial charge on any atom is 0.253 e. The highest BCUT2D eigenvalue weighted by Crippen LogP contribution is 2.19. The Morgan fingerprint density at radius 2 is 1.46 bits per heavy atom. The summed E-state index contributed by atoms with van der Waals surface area (Å²) in [5, 5.41) is 0. The molecule has 5 heteroatoms. The van der Waals surface area contributed by atoms with Crippen LogP contribution in [0, 0.1) is 0 Å². The molecule has 0 saturated carbocycles. The van der Waals surface area contributed by atoms with Crippen LogP contribution in [0.3, 0.4) is 0 Å². The second-order valence-electron chi connectivity index (χ2n) is 7.44. The van der Waals surface area contributed by atoms with Crippen LogP contribution in [0.5, 0.6) is 0 Å². The first-order valence-electron chi connectivity index (χ1n) is 9.80. The molecular formula is C23H28N2O3. The molecule has 1 fully saturated rings. The van der Waals surface area contributed by atoms with E-state index < -0.39 is 0 Å². The van der Waals surface area contributed by atoms with Gasteiger partial charge in [-0.1, -0.05) is 12.1 Å². The van der Waals surface area contributed by atoms with Gasteiger partial charge in [-0.2, -0.15) is 0 Å². The van der Waals surface area contributed by atoms with E-state index in [2.05, 4.69) is 4.90 Å². The normalized spacial score (nSPS) is 14.4. The van der Waals surface area contributed by atoms with Crippen molar-refractivity contribution in [3.05, 3.63) is 65.2 Å². The average molecular weight is 380 g/mol. The Labute approximate surface area is 166 Å². The van der Waals surface area contributed by atoms with Crippen LogP contribution >= 0.6 is 0 Å². The van der Waals surface area contributed by atoms with Crippen LogP contribution in [0.15, 0.2) is 48.5 Å². The number of ketones is 1. The fourth-order valence-corrected chi connectivity index (χ4v) is 3.26. The highest BCUT2D eigenvalue weighted by atomic mass is 16.5. The zero-order valence-electron chi connectivity index (χ0n) is 16.9. The molecule has 1 aliphatic rings. The molecule has 1 heterocycles. The smallest absolute Gasteiger partial charge is 0.253 e. The van der Waals surface area contributed by atoms with E-state index in [1.165, 1.54) is 0 Å². The predicted octanol–water partition coefficient (Wildman–Crippen LogP) is 3.78. The summed E-state index contributed by atoms with van der Waals surface area (Å²) in [6, 6.07) is 15.4. The molecule has 2 aromatic carbocycles. The Morgan fingerprint density at radius 3 is 2.00 bits per heavy atom. The number of ether oxygens (including phenoxy) is 1. The van der Waals surface area contributed by atoms with Crippen molar-refractivity contribution >= 4 is 17.4 Å². The van der Waals surface area contributed by atoms with Gasteiger partial charge in [-0.15, -0.1) is 0 Å². The lowest BCUT2D eigenvalue weighted by atomic mass is 10.1. The molecule has 0 radical (unpaired) electrons. The number of piperazine rings is 1. The summed E-state index contributed by atoms with van der Waals surface area (Å²) in [6.45, 7) is 9.09. The van der Waals surface area contributed by atoms with Gasteiger partial charge in [0.15, 0.2) is 5.78 Å². The van der Waals surface area contributed by atoms with E-state index in [0.717, 1.165) is 29.9 Å². The molecule has 148 valence electrons. The summed E-state index contributed by atoms with van der Waals surface area (Å²) >= 11 is 0. The Hall–Kier alpha value is -2.66. The highest BCUT2D eigenvalue weighted by Gasteiger charge is 2.22. The average Bonchev–Trinajstić information content (AvgIpc) is 2.72. The van der Waals surface area contributed by atoms with Gasteiger partial charge < -0.3 is 14.5 Å². The molecule has 1 saturated heterocycles. The van der Waals surface area contributed by atoms with E-state index in [1.807, 2.05) is 67.3 Å². The predicted molar refractivity (Wildman–Crippen MR) is 111 cm³/mol. The van der Waals surface area contributed by atoms with Crippen molar-refractivity contribution in [2.75, 3.05) is 31.1 Å². The number of Topliss-reactive ketones (excluding diaryl/α,β-unsaturated/α-hetero) is 1. The van der Waals surface area contributed by atoms with Crippen molar-refractivity contribution in [2.45, 2.75) is 33.5 Å². The SMILES string of the molecule is CC(=O)c1ccc(N2CCN(C(=O)c3ccc(COC(C)C)cc3)CC2)cc1. The van der Waals surface area contributed by atoms with Crippen molar-refractivity contribution in [3.8, 4) is 0 Å². The number of hydrogen-bond donors (Lipinski definition) is 0. The van der Waals surface area contributed by atoms with E-state index in [0.29, 0.717) is 25.3 Å². The van der Waals surface area contributed by atoms with Gasteiger partial charge in [0, 0.05) is 43.0 Å². The van der Waals surface area contributed by atoms with Crippen LogP contribution in [0.25, 0.3) is 0 Å². The summed E-state index contributed by atoms with van der Waals surface area (Å²) in [6.07, 6.45) is 0.191. The van der Waals surface area contributed by atoms with Crippen molar-refractivity contribution in [1.29, 1.82) is 0 Å². The Balaban J connectivity index is 1.55. The Bertz CT molecular complexity index is 805. The molecule has 0 bridgehead atoms. The third-order valence-corrected chi connectivity index (χ3v) is 4.99. The molecule has 0 N–H and O–H groups in total. The van der Waals surface area contributed by atoms with E-state index >= 15 is 0 Å². The number of rotatable bonds is 6. The first-order chi connectivity index (χ1) is 13.4. The van der Waals surface area contributed by atoms with Gasteiger partial charge in [0.25, 0.3) is 5.91 Å². The maximum atomic E-state index is 12.8. The minimum atomic E-state index is 0.0721. The monoisotopic (exact) mass is 380 g/mol. The molecule has 3 rings (SSSR count). The molecule has 0 aromatic heterocycles. The van der Waals surface area contributed by atoms with E-state index in [4.69, 9.17) is 4.74 Å². The molecule has 2 aromatic rings. The van der Waals surface area contributed by atoms with Crippen LogP contribution in [-0.4, -0.2) is 48.9 Å². The molecule has 5 nitrogen and oxygen atoms in total. The second-order valence-corrected chi connectivity index (χ2v) is 7.44. The van der Waals surface area contributed by atoms with Gasteiger partial charge in [0.05, 0.1) is 12.7 Å². The number of benzene rings is 2. The van der Waals surface area contributed by atoms with Crippen LogP contribution in [0.2, 0.25) is 0 Å². The third-order valence-electron chi connectivity index (χ3n) is 4.99. The number of anilines is 1. The van der Waals surface area contributed by atoms with Crippen molar-refractivity contribution in [2.24, 2.45) is 0 Å². The van der Waals surface area contributed by atoms with E-state index in [9.17, 15) is 9.59 Å². The topological polar surface area (TPSA) is 49.9 Å². The number of hydrogen-bond acceptors (Lipinski definition) is 4. The van der Waals surface area contributed by atoms with Gasteiger partial charge >= 0.3 is 0 Å². The van der Waals surface area contributed by atoms with Crippen LogP contribution < -0.4 is 4.90 Å². The van der Waals surface area contributed by atoms with Gasteiger partial charge in [0.2, 0.25) is 0 Å². The summed E-state index contributed by atoms with van der Waals surface area (Å²) in [5.41, 5.74) is 3.60. The lowest BCUT2D eigenvalue weighted by Gasteiger charge is -2.36. The molecular weight excluding hydrogens is 352 g/mol. The van der Waals surface area contributed by atoms with E-state index in [1.54, 1.807) is 6.92 Å². The molecule has 0 atom stereocenters. The lowest BCUT2D eigenvalue weighted by molar-refractivity contribution is 0.0655. The van der Waals surface area contributed by atoms with Crippen molar-refractivity contribution < 1.29 is 14.3 Å². The molecule has 0 aliphatic carbocycles. The highest BCUT2D eigenvalue weighted by molar-refractivity contribution is 5.95. The largest absolute Gasteiger partial charge is 0.374 e. The Kier molecular flexibility index (Phi) is 6.47. The van der Waals surface area contributed by atoms with Crippen LogP contribution in [-0.2, 0) is 11.3 Å². The Morgan fingerprint density at radius 1 is 0.893 bits per heavy atom. The van der Waals surface area contributed by atoms with Gasteiger partial charge in [-0.05, 0) is 62.7 Å². The summed E-state index contributed by atoms with van der Waals surface area (Å²) in [7, 11) is 0. The van der Waals surface area contributed by atoms with Crippen molar-refractivity contribution in [1.82, 2.24) is 4.90 Å². The first-order valence-corrected chi connectivity index (χ1v) is 9.80. The molecule has 28 heavy (non-hydrogen) atoms. The fraction of sp³-hybridized carbons (Fsp3) is 0.391. The van der Waals surface area contributed by atoms with Gasteiger partial charge in [-0.3, -0.25) is 9.59 Å². The van der Waals surface area contributed by atoms with Gasteiger partial charge in [0.1, 0.15) is 0 Å². The summed E-state index contributed by atoms with van der Waals surface area (Å²) in [4.78, 5) is 28.3. The second kappa shape index (κ2) is 9.02. The quantitative estimate of drug-likeness (QED) is 0.716. The molecule has 1 amide bonds. The minimum absolute atomic E-state index is 0.0721. The van der Waals surface area contributed by atoms with Gasteiger partial charge in [-0.25, -0.2) is 0 Å². The standard InChI is InChI=1S/C23H28N2O3/c1-17(2)28-16-19-4-6-21(7-5-19)23(27)25-14-12-24(13-15-25)22-10-8-20(9-11-22)18(3)26/h4-11,17H,12-16H2,1-3H3. The summed E-state index contributed by atoms with van der Waals surface area (Å²) in [5.74, 6) is 0.145. The molecule has 0 spiro atoms. The third kappa shape index (κ3) is 4.98. The zero-order chi connectivity index (χ0) is 20.1. The van der Waals surface area contributed by atoms with Crippen molar-refractivity contribution in [3.63, 3.8) is 0 Å². The fourth-order valence-electron chi connectivity index (χ4n) is 3.26. The minimum Gasteiger partial charge on any atom is -0.374 e. The maximum absolute atomic E-state index is 12.8. The van der Waals surface area contributed by atoms with Crippen LogP contribution in [0.4, 0.5) is 5.69 Å². The van der Waals surface area contributed by atoms with Crippen LogP contribution in [0.1, 0.15) is 47.1 Å². The van der Waals surface area contributed by atoms with E-state index in [-0.39, 0.29) is 17.8 Å². The lowest BCUT2D eigenvalue weighted by Crippen LogP contribution is -2.48. The first kappa shape index (κ1) is 20.1. The summed E-state index contributed by atoms with van der Waals surface area (Å²) < 4.78 is 5.60. The number of amides is 1. The number of carbonyl (C=O) groups is 2. The zero-order valence-corrected chi connectivity index (χ0v) is 16.9. The molecule has 0 unspecified atom stereocenters. The molecule has 1 aliphatic heterocycles. The number of carbonyl (C=O) groups excluding carboxylic acids is 2. The number of nitrogens with zero attached hydrogens (tertiary/aromatic N) is 2.